The van der Waals surface area contributed by atoms with E-state index in [1.807, 2.05) is 43.3 Å². The lowest BCUT2D eigenvalue weighted by Crippen LogP contribution is -2.31. The monoisotopic (exact) mass is 368 g/mol. The van der Waals surface area contributed by atoms with E-state index in [-0.39, 0.29) is 18.3 Å². The van der Waals surface area contributed by atoms with Gasteiger partial charge in [-0.3, -0.25) is 4.79 Å². The van der Waals surface area contributed by atoms with E-state index < -0.39 is 0 Å². The van der Waals surface area contributed by atoms with Crippen LogP contribution >= 0.6 is 24.0 Å². The van der Waals surface area contributed by atoms with E-state index in [0.29, 0.717) is 29.5 Å². The molecule has 2 rings (SSSR count). The molecule has 0 atom stereocenters. The molecule has 0 radical (unpaired) electrons. The summed E-state index contributed by atoms with van der Waals surface area (Å²) in [6, 6.07) is 14.7. The number of likely N-dealkylation sites (N-methyl/N-ethyl adjacent to an activating group) is 1. The van der Waals surface area contributed by atoms with Gasteiger partial charge >= 0.3 is 0 Å². The lowest BCUT2D eigenvalue weighted by atomic mass is 10.2. The van der Waals surface area contributed by atoms with E-state index in [2.05, 4.69) is 10.6 Å². The molecule has 0 aliphatic carbocycles. The third kappa shape index (κ3) is 6.79. The number of rotatable bonds is 8. The second-order valence-corrected chi connectivity index (χ2v) is 5.49. The maximum absolute atomic E-state index is 12.1. The Morgan fingerprint density at radius 3 is 2.67 bits per heavy atom. The molecule has 130 valence electrons. The van der Waals surface area contributed by atoms with Gasteiger partial charge < -0.3 is 15.4 Å². The molecule has 2 aromatic rings. The maximum atomic E-state index is 12.1. The van der Waals surface area contributed by atoms with Crippen molar-refractivity contribution in [3.63, 3.8) is 0 Å². The van der Waals surface area contributed by atoms with Crippen molar-refractivity contribution >= 4 is 29.9 Å². The maximum Gasteiger partial charge on any atom is 0.251 e. The Labute approximate surface area is 154 Å². The summed E-state index contributed by atoms with van der Waals surface area (Å²) in [6.07, 6.45) is 0. The van der Waals surface area contributed by atoms with Gasteiger partial charge in [0.05, 0.1) is 0 Å². The molecule has 0 fully saturated rings. The van der Waals surface area contributed by atoms with Crippen LogP contribution in [-0.4, -0.2) is 25.5 Å². The second-order valence-electron chi connectivity index (χ2n) is 5.06. The molecule has 2 aromatic carbocycles. The highest BCUT2D eigenvalue weighted by molar-refractivity contribution is 6.30. The largest absolute Gasteiger partial charge is 0.489 e. The molecule has 0 aromatic heterocycles. The number of amides is 1. The molecule has 1 amide bonds. The molecule has 0 spiro atoms. The zero-order valence-electron chi connectivity index (χ0n) is 13.5. The lowest BCUT2D eigenvalue weighted by Gasteiger charge is -2.09. The summed E-state index contributed by atoms with van der Waals surface area (Å²) < 4.78 is 5.73. The fourth-order valence-electron chi connectivity index (χ4n) is 2.06. The van der Waals surface area contributed by atoms with Crippen LogP contribution in [0.15, 0.2) is 48.5 Å². The van der Waals surface area contributed by atoms with Crippen molar-refractivity contribution in [2.75, 3.05) is 19.6 Å². The molecule has 0 saturated heterocycles. The fourth-order valence-corrected chi connectivity index (χ4v) is 2.28. The third-order valence-corrected chi connectivity index (χ3v) is 3.46. The first-order chi connectivity index (χ1) is 11.2. The van der Waals surface area contributed by atoms with Crippen LogP contribution in [0.4, 0.5) is 0 Å². The highest BCUT2D eigenvalue weighted by atomic mass is 35.5. The van der Waals surface area contributed by atoms with Crippen LogP contribution in [0.25, 0.3) is 0 Å². The van der Waals surface area contributed by atoms with E-state index >= 15 is 0 Å². The zero-order valence-corrected chi connectivity index (χ0v) is 15.1. The van der Waals surface area contributed by atoms with E-state index in [1.54, 1.807) is 12.1 Å². The fraction of sp³-hybridized carbons (Fsp3) is 0.278. The van der Waals surface area contributed by atoms with Crippen LogP contribution in [0.3, 0.4) is 0 Å². The van der Waals surface area contributed by atoms with Crippen LogP contribution in [0.1, 0.15) is 22.8 Å². The van der Waals surface area contributed by atoms with Crippen molar-refractivity contribution in [3.05, 3.63) is 64.7 Å². The van der Waals surface area contributed by atoms with Crippen molar-refractivity contribution in [1.29, 1.82) is 0 Å². The quantitative estimate of drug-likeness (QED) is 0.698. The normalized spacial score (nSPS) is 9.92. The van der Waals surface area contributed by atoms with Crippen LogP contribution in [0, 0.1) is 0 Å². The molecular weight excluding hydrogens is 347 g/mol. The summed E-state index contributed by atoms with van der Waals surface area (Å²) in [5.74, 6) is 0.556. The Morgan fingerprint density at radius 2 is 1.92 bits per heavy atom. The Kier molecular flexibility index (Phi) is 9.23. The van der Waals surface area contributed by atoms with Gasteiger partial charge in [0.25, 0.3) is 5.91 Å². The molecule has 0 aliphatic heterocycles. The average molecular weight is 369 g/mol. The summed E-state index contributed by atoms with van der Waals surface area (Å²) in [6.45, 7) is 4.69. The van der Waals surface area contributed by atoms with Gasteiger partial charge in [-0.25, -0.2) is 0 Å². The van der Waals surface area contributed by atoms with Crippen LogP contribution in [0.2, 0.25) is 5.02 Å². The van der Waals surface area contributed by atoms with Gasteiger partial charge in [-0.15, -0.1) is 12.4 Å². The molecule has 0 unspecified atom stereocenters. The molecule has 0 saturated carbocycles. The van der Waals surface area contributed by atoms with Crippen LogP contribution in [0.5, 0.6) is 5.75 Å². The van der Waals surface area contributed by atoms with E-state index in [1.165, 1.54) is 0 Å². The molecule has 4 nitrogen and oxygen atoms in total. The predicted octanol–water partition coefficient (Wildman–Crippen LogP) is 3.68. The van der Waals surface area contributed by atoms with E-state index in [4.69, 9.17) is 16.3 Å². The Morgan fingerprint density at radius 1 is 1.12 bits per heavy atom. The van der Waals surface area contributed by atoms with Gasteiger partial charge in [0.2, 0.25) is 0 Å². The number of nitrogens with one attached hydrogen (secondary N) is 2. The van der Waals surface area contributed by atoms with Crippen molar-refractivity contribution in [1.82, 2.24) is 10.6 Å². The Balaban J connectivity index is 0.00000288. The van der Waals surface area contributed by atoms with Gasteiger partial charge in [0, 0.05) is 23.7 Å². The zero-order chi connectivity index (χ0) is 16.5. The third-order valence-electron chi connectivity index (χ3n) is 3.23. The molecule has 0 aliphatic rings. The second kappa shape index (κ2) is 10.9. The van der Waals surface area contributed by atoms with Gasteiger partial charge in [0.15, 0.2) is 0 Å². The first kappa shape index (κ1) is 20.3. The Hall–Kier alpha value is -1.75. The minimum Gasteiger partial charge on any atom is -0.489 e. The topological polar surface area (TPSA) is 50.4 Å². The highest BCUT2D eigenvalue weighted by Gasteiger charge is 2.06. The minimum atomic E-state index is -0.101. The van der Waals surface area contributed by atoms with E-state index in [9.17, 15) is 4.79 Å². The van der Waals surface area contributed by atoms with Gasteiger partial charge in [0.1, 0.15) is 12.4 Å². The van der Waals surface area contributed by atoms with Crippen LogP contribution in [-0.2, 0) is 6.61 Å². The Bertz CT molecular complexity index is 650. The SMILES string of the molecule is CCNCCNC(=O)c1cccc(OCc2cccc(Cl)c2)c1.Cl. The number of hydrogen-bond acceptors (Lipinski definition) is 3. The number of carbonyl (C=O) groups excluding carboxylic acids is 1. The summed E-state index contributed by atoms with van der Waals surface area (Å²) >= 11 is 5.95. The molecular formula is C18H22Cl2N2O2. The lowest BCUT2D eigenvalue weighted by molar-refractivity contribution is 0.0953. The van der Waals surface area contributed by atoms with Crippen molar-refractivity contribution in [2.45, 2.75) is 13.5 Å². The van der Waals surface area contributed by atoms with Gasteiger partial charge in [-0.05, 0) is 42.4 Å². The predicted molar refractivity (Wildman–Crippen MR) is 100 cm³/mol. The summed E-state index contributed by atoms with van der Waals surface area (Å²) in [5, 5.41) is 6.71. The minimum absolute atomic E-state index is 0. The number of halogens is 2. The number of carbonyl (C=O) groups is 1. The first-order valence-corrected chi connectivity index (χ1v) is 8.03. The highest BCUT2D eigenvalue weighted by Crippen LogP contribution is 2.17. The van der Waals surface area contributed by atoms with Gasteiger partial charge in [-0.2, -0.15) is 0 Å². The molecule has 24 heavy (non-hydrogen) atoms. The van der Waals surface area contributed by atoms with Crippen molar-refractivity contribution in [2.24, 2.45) is 0 Å². The molecule has 6 heteroatoms. The van der Waals surface area contributed by atoms with Gasteiger partial charge in [-0.1, -0.05) is 36.7 Å². The van der Waals surface area contributed by atoms with Crippen molar-refractivity contribution in [3.8, 4) is 5.75 Å². The number of hydrogen-bond donors (Lipinski definition) is 2. The van der Waals surface area contributed by atoms with Crippen molar-refractivity contribution < 1.29 is 9.53 Å². The molecule has 0 bridgehead atoms. The smallest absolute Gasteiger partial charge is 0.251 e. The summed E-state index contributed by atoms with van der Waals surface area (Å²) in [4.78, 5) is 12.1. The average Bonchev–Trinajstić information content (AvgIpc) is 2.57. The number of ether oxygens (including phenoxy) is 1. The standard InChI is InChI=1S/C18H21ClN2O2.ClH/c1-2-20-9-10-21-18(22)15-6-4-8-17(12-15)23-13-14-5-3-7-16(19)11-14;/h3-8,11-12,20H,2,9-10,13H2,1H3,(H,21,22);1H. The molecule has 2 N–H and O–H groups in total. The van der Waals surface area contributed by atoms with E-state index in [0.717, 1.165) is 18.7 Å². The molecule has 0 heterocycles. The summed E-state index contributed by atoms with van der Waals surface area (Å²) in [5.41, 5.74) is 1.57. The number of benzene rings is 2. The van der Waals surface area contributed by atoms with Crippen LogP contribution < -0.4 is 15.4 Å². The first-order valence-electron chi connectivity index (χ1n) is 7.65. The summed E-state index contributed by atoms with van der Waals surface area (Å²) in [7, 11) is 0.